The van der Waals surface area contributed by atoms with Gasteiger partial charge in [-0.3, -0.25) is 0 Å². The van der Waals surface area contributed by atoms with Crippen molar-refractivity contribution < 1.29 is 13.9 Å². The van der Waals surface area contributed by atoms with Crippen LogP contribution in [0.3, 0.4) is 0 Å². The van der Waals surface area contributed by atoms with E-state index < -0.39 is 0 Å². The number of nitrogens with zero attached hydrogens (tertiary/aromatic N) is 2. The van der Waals surface area contributed by atoms with Gasteiger partial charge in [-0.1, -0.05) is 6.07 Å². The van der Waals surface area contributed by atoms with Crippen LogP contribution >= 0.6 is 24.0 Å². The van der Waals surface area contributed by atoms with Gasteiger partial charge in [0, 0.05) is 46.3 Å². The van der Waals surface area contributed by atoms with Crippen molar-refractivity contribution in [2.24, 2.45) is 10.9 Å². The third-order valence-corrected chi connectivity index (χ3v) is 4.39. The van der Waals surface area contributed by atoms with Crippen molar-refractivity contribution >= 4 is 35.6 Å². The van der Waals surface area contributed by atoms with Crippen LogP contribution in [-0.4, -0.2) is 59.6 Å². The summed E-state index contributed by atoms with van der Waals surface area (Å²) >= 11 is 0. The first-order valence-corrected chi connectivity index (χ1v) is 9.73. The van der Waals surface area contributed by atoms with Gasteiger partial charge in [-0.2, -0.15) is 0 Å². The van der Waals surface area contributed by atoms with E-state index in [4.69, 9.17) is 9.47 Å². The first kappa shape index (κ1) is 24.9. The first-order chi connectivity index (χ1) is 13.1. The summed E-state index contributed by atoms with van der Waals surface area (Å²) in [7, 11) is 3.66. The topological polar surface area (TPSA) is 58.1 Å². The lowest BCUT2D eigenvalue weighted by Crippen LogP contribution is -2.38. The molecule has 1 aromatic carbocycles. The molecule has 2 rings (SSSR count). The molecule has 1 aliphatic rings. The molecule has 160 valence electrons. The van der Waals surface area contributed by atoms with E-state index in [1.807, 2.05) is 27.1 Å². The van der Waals surface area contributed by atoms with Crippen LogP contribution in [0.1, 0.15) is 25.3 Å². The molecule has 0 aromatic heterocycles. The second-order valence-corrected chi connectivity index (χ2v) is 6.96. The molecule has 1 aliphatic heterocycles. The Morgan fingerprint density at radius 2 is 2.18 bits per heavy atom. The Morgan fingerprint density at radius 1 is 1.36 bits per heavy atom. The SMILES string of the molecule is CCNC(=NCc1ccc(N(C)C)c(F)c1)NCCCOCC1CCOC1.I. The molecular formula is C20H34FIN4O2. The third kappa shape index (κ3) is 8.91. The molecule has 6 nitrogen and oxygen atoms in total. The lowest BCUT2D eigenvalue weighted by molar-refractivity contribution is 0.0888. The highest BCUT2D eigenvalue weighted by molar-refractivity contribution is 14.0. The van der Waals surface area contributed by atoms with Gasteiger partial charge in [0.25, 0.3) is 0 Å². The van der Waals surface area contributed by atoms with Gasteiger partial charge in [-0.05, 0) is 37.5 Å². The first-order valence-electron chi connectivity index (χ1n) is 9.73. The van der Waals surface area contributed by atoms with Crippen LogP contribution in [0.15, 0.2) is 23.2 Å². The molecule has 0 amide bonds. The maximum absolute atomic E-state index is 14.1. The van der Waals surface area contributed by atoms with E-state index in [1.165, 1.54) is 0 Å². The summed E-state index contributed by atoms with van der Waals surface area (Å²) in [6, 6.07) is 5.24. The maximum Gasteiger partial charge on any atom is 0.191 e. The van der Waals surface area contributed by atoms with Crippen LogP contribution in [0, 0.1) is 11.7 Å². The maximum atomic E-state index is 14.1. The van der Waals surface area contributed by atoms with Crippen LogP contribution in [0.25, 0.3) is 0 Å². The van der Waals surface area contributed by atoms with E-state index in [2.05, 4.69) is 15.6 Å². The molecule has 8 heteroatoms. The summed E-state index contributed by atoms with van der Waals surface area (Å²) in [6.07, 6.45) is 2.01. The van der Waals surface area contributed by atoms with Gasteiger partial charge in [0.15, 0.2) is 5.96 Å². The zero-order chi connectivity index (χ0) is 19.5. The zero-order valence-electron chi connectivity index (χ0n) is 17.2. The van der Waals surface area contributed by atoms with E-state index in [9.17, 15) is 4.39 Å². The molecule has 28 heavy (non-hydrogen) atoms. The molecule has 1 fully saturated rings. The number of anilines is 1. The normalized spacial score (nSPS) is 16.6. The Labute approximate surface area is 185 Å². The number of hydrogen-bond acceptors (Lipinski definition) is 4. The summed E-state index contributed by atoms with van der Waals surface area (Å²) in [5.74, 6) is 1.06. The second-order valence-electron chi connectivity index (χ2n) is 6.96. The van der Waals surface area contributed by atoms with E-state index >= 15 is 0 Å². The number of hydrogen-bond donors (Lipinski definition) is 2. The van der Waals surface area contributed by atoms with Crippen LogP contribution < -0.4 is 15.5 Å². The Hall–Kier alpha value is -1.13. The van der Waals surface area contributed by atoms with Crippen molar-refractivity contribution in [2.75, 3.05) is 58.5 Å². The van der Waals surface area contributed by atoms with E-state index in [0.29, 0.717) is 18.2 Å². The Bertz CT molecular complexity index is 596. The largest absolute Gasteiger partial charge is 0.381 e. The highest BCUT2D eigenvalue weighted by Crippen LogP contribution is 2.18. The lowest BCUT2D eigenvalue weighted by Gasteiger charge is -2.14. The van der Waals surface area contributed by atoms with Crippen LogP contribution in [0.2, 0.25) is 0 Å². The molecule has 1 heterocycles. The fourth-order valence-electron chi connectivity index (χ4n) is 2.87. The van der Waals surface area contributed by atoms with E-state index in [0.717, 1.165) is 63.9 Å². The standard InChI is InChI=1S/C20H33FN4O2.HI/c1-4-22-20(23-9-5-10-26-14-17-8-11-27-15-17)24-13-16-6-7-19(25(2)3)18(21)12-16;/h6-7,12,17H,4-5,8-11,13-15H2,1-3H3,(H2,22,23,24);1H. The summed E-state index contributed by atoms with van der Waals surface area (Å²) < 4.78 is 25.1. The van der Waals surface area contributed by atoms with Crippen molar-refractivity contribution in [3.05, 3.63) is 29.6 Å². The summed E-state index contributed by atoms with van der Waals surface area (Å²) in [4.78, 5) is 6.30. The van der Waals surface area contributed by atoms with Gasteiger partial charge in [0.1, 0.15) is 5.82 Å². The van der Waals surface area contributed by atoms with Crippen molar-refractivity contribution in [1.82, 2.24) is 10.6 Å². The van der Waals surface area contributed by atoms with Crippen LogP contribution in [0.4, 0.5) is 10.1 Å². The highest BCUT2D eigenvalue weighted by Gasteiger charge is 2.15. The van der Waals surface area contributed by atoms with Crippen molar-refractivity contribution in [3.8, 4) is 0 Å². The van der Waals surface area contributed by atoms with E-state index in [1.54, 1.807) is 17.0 Å². The Balaban J connectivity index is 0.00000392. The summed E-state index contributed by atoms with van der Waals surface area (Å²) in [5.41, 5.74) is 1.43. The number of aliphatic imine (C=N–C) groups is 1. The number of ether oxygens (including phenoxy) is 2. The van der Waals surface area contributed by atoms with Gasteiger partial charge < -0.3 is 25.0 Å². The minimum Gasteiger partial charge on any atom is -0.381 e. The van der Waals surface area contributed by atoms with Gasteiger partial charge in [-0.15, -0.1) is 24.0 Å². The molecule has 0 saturated carbocycles. The molecule has 0 spiro atoms. The second kappa shape index (κ2) is 13.9. The third-order valence-electron chi connectivity index (χ3n) is 4.39. The Kier molecular flexibility index (Phi) is 12.4. The number of nitrogens with one attached hydrogen (secondary N) is 2. The average molecular weight is 508 g/mol. The molecule has 0 radical (unpaired) electrons. The zero-order valence-corrected chi connectivity index (χ0v) is 19.5. The molecule has 0 aliphatic carbocycles. The predicted molar refractivity (Wildman–Crippen MR) is 123 cm³/mol. The molecule has 1 aromatic rings. The monoisotopic (exact) mass is 508 g/mol. The lowest BCUT2D eigenvalue weighted by atomic mass is 10.1. The number of rotatable bonds is 10. The van der Waals surface area contributed by atoms with Gasteiger partial charge >= 0.3 is 0 Å². The minimum atomic E-state index is -0.226. The quantitative estimate of drug-likeness (QED) is 0.220. The van der Waals surface area contributed by atoms with Crippen molar-refractivity contribution in [2.45, 2.75) is 26.3 Å². The number of benzene rings is 1. The summed E-state index contributed by atoms with van der Waals surface area (Å²) in [5, 5.41) is 6.51. The predicted octanol–water partition coefficient (Wildman–Crippen LogP) is 3.01. The smallest absolute Gasteiger partial charge is 0.191 e. The van der Waals surface area contributed by atoms with Crippen molar-refractivity contribution in [1.29, 1.82) is 0 Å². The number of halogens is 2. The average Bonchev–Trinajstić information content (AvgIpc) is 3.15. The van der Waals surface area contributed by atoms with Gasteiger partial charge in [0.2, 0.25) is 0 Å². The molecule has 1 unspecified atom stereocenters. The van der Waals surface area contributed by atoms with Crippen LogP contribution in [0.5, 0.6) is 0 Å². The minimum absolute atomic E-state index is 0. The Morgan fingerprint density at radius 3 is 2.82 bits per heavy atom. The molecule has 0 bridgehead atoms. The molecule has 1 atom stereocenters. The molecule has 1 saturated heterocycles. The van der Waals surface area contributed by atoms with E-state index in [-0.39, 0.29) is 29.8 Å². The van der Waals surface area contributed by atoms with Gasteiger partial charge in [-0.25, -0.2) is 9.38 Å². The highest BCUT2D eigenvalue weighted by atomic mass is 127. The fraction of sp³-hybridized carbons (Fsp3) is 0.650. The van der Waals surface area contributed by atoms with Crippen molar-refractivity contribution in [3.63, 3.8) is 0 Å². The number of guanidine groups is 1. The summed E-state index contributed by atoms with van der Waals surface area (Å²) in [6.45, 7) is 7.20. The van der Waals surface area contributed by atoms with Gasteiger partial charge in [0.05, 0.1) is 25.4 Å². The van der Waals surface area contributed by atoms with Crippen LogP contribution in [-0.2, 0) is 16.0 Å². The molecular weight excluding hydrogens is 474 g/mol. The molecule has 2 N–H and O–H groups in total. The fourth-order valence-corrected chi connectivity index (χ4v) is 2.87.